The van der Waals surface area contributed by atoms with Crippen LogP contribution in [0.3, 0.4) is 0 Å². The molecule has 0 aliphatic heterocycles. The van der Waals surface area contributed by atoms with Gasteiger partial charge in [0.05, 0.1) is 12.9 Å². The van der Waals surface area contributed by atoms with Crippen LogP contribution in [0.2, 0.25) is 0 Å². The second-order valence-corrected chi connectivity index (χ2v) is 2.77. The van der Waals surface area contributed by atoms with Crippen LogP contribution in [0.1, 0.15) is 5.56 Å². The molecule has 2 N–H and O–H groups in total. The van der Waals surface area contributed by atoms with Crippen LogP contribution in [0.4, 0.5) is 5.69 Å². The van der Waals surface area contributed by atoms with Crippen molar-refractivity contribution in [2.24, 2.45) is 0 Å². The van der Waals surface area contributed by atoms with E-state index in [0.29, 0.717) is 11.4 Å². The molecule has 0 amide bonds. The summed E-state index contributed by atoms with van der Waals surface area (Å²) in [6.45, 7) is 0. The molecule has 3 heteroatoms. The van der Waals surface area contributed by atoms with Crippen LogP contribution >= 0.6 is 12.6 Å². The van der Waals surface area contributed by atoms with E-state index in [-0.39, 0.29) is 0 Å². The Morgan fingerprint density at radius 1 is 1.46 bits per heavy atom. The highest BCUT2D eigenvalue weighted by atomic mass is 32.1. The predicted octanol–water partition coefficient (Wildman–Crippen LogP) is 1.56. The van der Waals surface area contributed by atoms with Gasteiger partial charge in [0.1, 0.15) is 5.75 Å². The van der Waals surface area contributed by atoms with Crippen LogP contribution in [0.5, 0.6) is 5.75 Å². The van der Waals surface area contributed by atoms with Crippen molar-refractivity contribution in [3.8, 4) is 17.6 Å². The Balaban J connectivity index is 3.01. The van der Waals surface area contributed by atoms with Gasteiger partial charge in [0.2, 0.25) is 0 Å². The standard InChI is InChI=1S/C10H11NOS/c1-12-10-6-8(3-2-4-13)5-9(11)7-10/h5-7,13H,4,11H2,1H3. The van der Waals surface area contributed by atoms with E-state index in [4.69, 9.17) is 10.5 Å². The van der Waals surface area contributed by atoms with Gasteiger partial charge in [-0.3, -0.25) is 0 Å². The van der Waals surface area contributed by atoms with Crippen molar-refractivity contribution >= 4 is 18.3 Å². The normalized spacial score (nSPS) is 8.77. The largest absolute Gasteiger partial charge is 0.497 e. The number of thiol groups is 1. The molecule has 0 aliphatic carbocycles. The van der Waals surface area contributed by atoms with E-state index in [9.17, 15) is 0 Å². The fourth-order valence-electron chi connectivity index (χ4n) is 0.954. The molecular formula is C10H11NOS. The van der Waals surface area contributed by atoms with Crippen LogP contribution in [-0.4, -0.2) is 12.9 Å². The molecule has 0 heterocycles. The fourth-order valence-corrected chi connectivity index (χ4v) is 1.03. The second-order valence-electron chi connectivity index (χ2n) is 2.45. The topological polar surface area (TPSA) is 35.2 Å². The maximum absolute atomic E-state index is 5.64. The second kappa shape index (κ2) is 4.68. The first-order chi connectivity index (χ1) is 6.26. The number of hydrogen-bond donors (Lipinski definition) is 2. The van der Waals surface area contributed by atoms with Crippen LogP contribution in [0, 0.1) is 11.8 Å². The third-order valence-corrected chi connectivity index (χ3v) is 1.63. The average molecular weight is 193 g/mol. The minimum Gasteiger partial charge on any atom is -0.497 e. The SMILES string of the molecule is COc1cc(N)cc(C#CCS)c1. The highest BCUT2D eigenvalue weighted by molar-refractivity contribution is 7.80. The Bertz CT molecular complexity index is 352. The zero-order chi connectivity index (χ0) is 9.68. The maximum atomic E-state index is 5.64. The molecule has 0 aliphatic rings. The van der Waals surface area contributed by atoms with Gasteiger partial charge in [-0.2, -0.15) is 12.6 Å². The van der Waals surface area contributed by atoms with E-state index in [1.165, 1.54) is 0 Å². The summed E-state index contributed by atoms with van der Waals surface area (Å²) in [5.41, 5.74) is 7.15. The monoisotopic (exact) mass is 193 g/mol. The number of benzene rings is 1. The molecule has 0 saturated heterocycles. The van der Waals surface area contributed by atoms with Crippen molar-refractivity contribution in [1.29, 1.82) is 0 Å². The molecule has 0 spiro atoms. The van der Waals surface area contributed by atoms with Crippen molar-refractivity contribution in [3.63, 3.8) is 0 Å². The summed E-state index contributed by atoms with van der Waals surface area (Å²) in [5.74, 6) is 7.03. The Kier molecular flexibility index (Phi) is 3.53. The summed E-state index contributed by atoms with van der Waals surface area (Å²) in [7, 11) is 1.60. The van der Waals surface area contributed by atoms with Crippen molar-refractivity contribution in [1.82, 2.24) is 0 Å². The van der Waals surface area contributed by atoms with Gasteiger partial charge in [0, 0.05) is 17.3 Å². The molecule has 0 atom stereocenters. The molecule has 1 aromatic rings. The van der Waals surface area contributed by atoms with E-state index in [0.717, 1.165) is 11.3 Å². The van der Waals surface area contributed by atoms with E-state index in [1.807, 2.05) is 6.07 Å². The number of nitrogens with two attached hydrogens (primary N) is 1. The first kappa shape index (κ1) is 9.82. The first-order valence-electron chi connectivity index (χ1n) is 3.80. The molecule has 0 unspecified atom stereocenters. The van der Waals surface area contributed by atoms with Crippen LogP contribution in [-0.2, 0) is 0 Å². The lowest BCUT2D eigenvalue weighted by atomic mass is 10.2. The number of methoxy groups -OCH3 is 1. The van der Waals surface area contributed by atoms with Gasteiger partial charge < -0.3 is 10.5 Å². The molecule has 1 rings (SSSR count). The van der Waals surface area contributed by atoms with Crippen molar-refractivity contribution < 1.29 is 4.74 Å². The van der Waals surface area contributed by atoms with Gasteiger partial charge in [0.15, 0.2) is 0 Å². The van der Waals surface area contributed by atoms with Crippen molar-refractivity contribution in [3.05, 3.63) is 23.8 Å². The highest BCUT2D eigenvalue weighted by Crippen LogP contribution is 2.17. The Hall–Kier alpha value is -1.27. The zero-order valence-corrected chi connectivity index (χ0v) is 8.27. The molecule has 0 bridgehead atoms. The van der Waals surface area contributed by atoms with Gasteiger partial charge in [-0.15, -0.1) is 0 Å². The minimum atomic E-state index is 0.539. The lowest BCUT2D eigenvalue weighted by Gasteiger charge is -2.01. The number of anilines is 1. The van der Waals surface area contributed by atoms with Crippen LogP contribution in [0.25, 0.3) is 0 Å². The summed E-state index contributed by atoms with van der Waals surface area (Å²) in [6.07, 6.45) is 0. The average Bonchev–Trinajstić information content (AvgIpc) is 2.14. The predicted molar refractivity (Wildman–Crippen MR) is 58.1 cm³/mol. The van der Waals surface area contributed by atoms with E-state index in [1.54, 1.807) is 19.2 Å². The Morgan fingerprint density at radius 3 is 2.85 bits per heavy atom. The molecule has 0 radical (unpaired) electrons. The third kappa shape index (κ3) is 2.92. The Morgan fingerprint density at radius 2 is 2.23 bits per heavy atom. The molecule has 0 fully saturated rings. The lowest BCUT2D eigenvalue weighted by molar-refractivity contribution is 0.415. The molecule has 0 aromatic heterocycles. The summed E-state index contributed by atoms with van der Waals surface area (Å²) < 4.78 is 5.05. The molecule has 2 nitrogen and oxygen atoms in total. The quantitative estimate of drug-likeness (QED) is 0.403. The smallest absolute Gasteiger partial charge is 0.122 e. The summed E-state index contributed by atoms with van der Waals surface area (Å²) >= 11 is 3.99. The number of hydrogen-bond acceptors (Lipinski definition) is 3. The molecule has 68 valence electrons. The van der Waals surface area contributed by atoms with Gasteiger partial charge in [-0.25, -0.2) is 0 Å². The van der Waals surface area contributed by atoms with Crippen molar-refractivity contribution in [2.75, 3.05) is 18.6 Å². The number of nitrogen functional groups attached to an aromatic ring is 1. The van der Waals surface area contributed by atoms with E-state index < -0.39 is 0 Å². The molecule has 1 aromatic carbocycles. The fraction of sp³-hybridized carbons (Fsp3) is 0.200. The maximum Gasteiger partial charge on any atom is 0.122 e. The lowest BCUT2D eigenvalue weighted by Crippen LogP contribution is -1.89. The van der Waals surface area contributed by atoms with E-state index in [2.05, 4.69) is 24.5 Å². The van der Waals surface area contributed by atoms with Gasteiger partial charge in [0.25, 0.3) is 0 Å². The van der Waals surface area contributed by atoms with Gasteiger partial charge in [-0.05, 0) is 12.1 Å². The minimum absolute atomic E-state index is 0.539. The summed E-state index contributed by atoms with van der Waals surface area (Å²) in [6, 6.07) is 5.40. The molecule has 0 saturated carbocycles. The zero-order valence-electron chi connectivity index (χ0n) is 7.37. The summed E-state index contributed by atoms with van der Waals surface area (Å²) in [4.78, 5) is 0. The van der Waals surface area contributed by atoms with Crippen molar-refractivity contribution in [2.45, 2.75) is 0 Å². The summed E-state index contributed by atoms with van der Waals surface area (Å²) in [5, 5.41) is 0. The molecular weight excluding hydrogens is 182 g/mol. The van der Waals surface area contributed by atoms with Gasteiger partial charge in [-0.1, -0.05) is 11.8 Å². The number of rotatable bonds is 1. The van der Waals surface area contributed by atoms with E-state index >= 15 is 0 Å². The molecule has 13 heavy (non-hydrogen) atoms. The van der Waals surface area contributed by atoms with Gasteiger partial charge >= 0.3 is 0 Å². The van der Waals surface area contributed by atoms with Crippen LogP contribution < -0.4 is 10.5 Å². The van der Waals surface area contributed by atoms with Crippen LogP contribution in [0.15, 0.2) is 18.2 Å². The highest BCUT2D eigenvalue weighted by Gasteiger charge is 1.95. The Labute approximate surface area is 83.5 Å². The third-order valence-electron chi connectivity index (χ3n) is 1.48. The first-order valence-corrected chi connectivity index (χ1v) is 4.44. The number of ether oxygens (including phenoxy) is 1.